The summed E-state index contributed by atoms with van der Waals surface area (Å²) in [5.74, 6) is 0.0876. The second-order valence-corrected chi connectivity index (χ2v) is 11.1. The minimum absolute atomic E-state index is 0.0891. The monoisotopic (exact) mass is 533 g/mol. The van der Waals surface area contributed by atoms with Crippen LogP contribution in [0, 0.1) is 0 Å². The fourth-order valence-corrected chi connectivity index (χ4v) is 4.98. The van der Waals surface area contributed by atoms with Gasteiger partial charge < -0.3 is 14.6 Å². The Labute approximate surface area is 225 Å². The van der Waals surface area contributed by atoms with Crippen molar-refractivity contribution in [1.82, 2.24) is 0 Å². The van der Waals surface area contributed by atoms with E-state index in [9.17, 15) is 14.7 Å². The summed E-state index contributed by atoms with van der Waals surface area (Å²) in [6.45, 7) is 7.28. The molecular formula is C29H27NO5S2. The van der Waals surface area contributed by atoms with E-state index in [1.54, 1.807) is 18.2 Å². The van der Waals surface area contributed by atoms with Crippen LogP contribution in [0.25, 0.3) is 6.08 Å². The Morgan fingerprint density at radius 1 is 0.973 bits per heavy atom. The highest BCUT2D eigenvalue weighted by molar-refractivity contribution is 8.27. The molecule has 0 unspecified atom stereocenters. The van der Waals surface area contributed by atoms with Crippen LogP contribution in [0.5, 0.6) is 11.5 Å². The van der Waals surface area contributed by atoms with Crippen molar-refractivity contribution in [2.45, 2.75) is 26.2 Å². The number of rotatable bonds is 8. The summed E-state index contributed by atoms with van der Waals surface area (Å²) in [5.41, 5.74) is 2.65. The van der Waals surface area contributed by atoms with E-state index in [1.165, 1.54) is 34.4 Å². The van der Waals surface area contributed by atoms with E-state index in [2.05, 4.69) is 32.9 Å². The number of carboxylic acid groups (broad SMARTS) is 1. The number of hydrogen-bond acceptors (Lipinski definition) is 6. The highest BCUT2D eigenvalue weighted by Crippen LogP contribution is 2.36. The molecule has 1 fully saturated rings. The van der Waals surface area contributed by atoms with Crippen LogP contribution in [0.2, 0.25) is 0 Å². The molecule has 1 aliphatic heterocycles. The van der Waals surface area contributed by atoms with Gasteiger partial charge in [-0.25, -0.2) is 4.79 Å². The standard InChI is InChI=1S/C29H27NO5S2/c1-29(2,3)21-10-12-23(13-11-21)34-14-15-35-24-9-4-6-19(16-24)17-25-26(31)30(28(36)37-25)22-8-5-7-20(18-22)27(32)33/h4-13,16-18H,14-15H2,1-3H3,(H,32,33)/b25-17-. The molecule has 1 aliphatic rings. The number of nitrogens with zero attached hydrogens (tertiary/aromatic N) is 1. The molecule has 4 rings (SSSR count). The summed E-state index contributed by atoms with van der Waals surface area (Å²) < 4.78 is 12.0. The van der Waals surface area contributed by atoms with Gasteiger partial charge in [0.15, 0.2) is 4.32 Å². The fraction of sp³-hybridized carbons (Fsp3) is 0.207. The first-order valence-corrected chi connectivity index (χ1v) is 12.9. The zero-order valence-electron chi connectivity index (χ0n) is 20.8. The number of benzene rings is 3. The smallest absolute Gasteiger partial charge is 0.335 e. The van der Waals surface area contributed by atoms with Gasteiger partial charge in [0.1, 0.15) is 24.7 Å². The molecule has 0 bridgehead atoms. The summed E-state index contributed by atoms with van der Waals surface area (Å²) in [5, 5.41) is 9.26. The summed E-state index contributed by atoms with van der Waals surface area (Å²) in [4.78, 5) is 26.2. The molecule has 3 aromatic rings. The average molecular weight is 534 g/mol. The lowest BCUT2D eigenvalue weighted by molar-refractivity contribution is -0.113. The molecule has 0 radical (unpaired) electrons. The molecule has 6 nitrogen and oxygen atoms in total. The molecule has 0 aliphatic carbocycles. The lowest BCUT2D eigenvalue weighted by Gasteiger charge is -2.19. The van der Waals surface area contributed by atoms with Crippen LogP contribution in [-0.4, -0.2) is 34.5 Å². The van der Waals surface area contributed by atoms with Crippen molar-refractivity contribution < 1.29 is 24.2 Å². The maximum atomic E-state index is 13.1. The van der Waals surface area contributed by atoms with Gasteiger partial charge in [-0.15, -0.1) is 0 Å². The van der Waals surface area contributed by atoms with Crippen molar-refractivity contribution in [1.29, 1.82) is 0 Å². The van der Waals surface area contributed by atoms with E-state index in [0.29, 0.717) is 33.9 Å². The van der Waals surface area contributed by atoms with E-state index in [-0.39, 0.29) is 16.9 Å². The Balaban J connectivity index is 1.37. The Morgan fingerprint density at radius 2 is 1.65 bits per heavy atom. The third-order valence-corrected chi connectivity index (χ3v) is 6.94. The van der Waals surface area contributed by atoms with Crippen molar-refractivity contribution in [2.75, 3.05) is 18.1 Å². The van der Waals surface area contributed by atoms with Crippen molar-refractivity contribution in [3.63, 3.8) is 0 Å². The number of thioether (sulfide) groups is 1. The molecule has 0 atom stereocenters. The number of anilines is 1. The van der Waals surface area contributed by atoms with Crippen LogP contribution < -0.4 is 14.4 Å². The largest absolute Gasteiger partial charge is 0.490 e. The summed E-state index contributed by atoms with van der Waals surface area (Å²) in [6, 6.07) is 21.7. The molecule has 0 saturated carbocycles. The van der Waals surface area contributed by atoms with Gasteiger partial charge in [0, 0.05) is 0 Å². The van der Waals surface area contributed by atoms with Crippen LogP contribution >= 0.6 is 24.0 Å². The zero-order chi connectivity index (χ0) is 26.6. The van der Waals surface area contributed by atoms with E-state index in [0.717, 1.165) is 11.3 Å². The lowest BCUT2D eigenvalue weighted by Crippen LogP contribution is -2.27. The number of amides is 1. The van der Waals surface area contributed by atoms with Gasteiger partial charge >= 0.3 is 5.97 Å². The van der Waals surface area contributed by atoms with Crippen LogP contribution in [-0.2, 0) is 10.2 Å². The van der Waals surface area contributed by atoms with Crippen LogP contribution in [0.15, 0.2) is 77.7 Å². The predicted molar refractivity (Wildman–Crippen MR) is 152 cm³/mol. The fourth-order valence-electron chi connectivity index (χ4n) is 3.68. The molecule has 190 valence electrons. The molecule has 1 saturated heterocycles. The van der Waals surface area contributed by atoms with Gasteiger partial charge in [-0.1, -0.05) is 75.1 Å². The van der Waals surface area contributed by atoms with Gasteiger partial charge in [-0.3, -0.25) is 9.69 Å². The molecule has 8 heteroatoms. The van der Waals surface area contributed by atoms with E-state index < -0.39 is 5.97 Å². The minimum Gasteiger partial charge on any atom is -0.490 e. The number of carbonyl (C=O) groups is 2. The van der Waals surface area contributed by atoms with Gasteiger partial charge in [0.25, 0.3) is 5.91 Å². The first-order valence-electron chi connectivity index (χ1n) is 11.7. The van der Waals surface area contributed by atoms with Crippen LogP contribution in [0.3, 0.4) is 0 Å². The van der Waals surface area contributed by atoms with Crippen molar-refractivity contribution in [2.24, 2.45) is 0 Å². The summed E-state index contributed by atoms with van der Waals surface area (Å²) >= 11 is 6.58. The number of thiocarbonyl (C=S) groups is 1. The molecule has 1 amide bonds. The highest BCUT2D eigenvalue weighted by Gasteiger charge is 2.33. The average Bonchev–Trinajstić information content (AvgIpc) is 3.14. The summed E-state index contributed by atoms with van der Waals surface area (Å²) in [7, 11) is 0. The van der Waals surface area contributed by atoms with Gasteiger partial charge in [-0.2, -0.15) is 0 Å². The number of ether oxygens (including phenoxy) is 2. The highest BCUT2D eigenvalue weighted by atomic mass is 32.2. The van der Waals surface area contributed by atoms with Gasteiger partial charge in [0.05, 0.1) is 16.2 Å². The number of hydrogen-bond donors (Lipinski definition) is 1. The SMILES string of the molecule is CC(C)(C)c1ccc(OCCOc2cccc(/C=C3\SC(=S)N(c4cccc(C(=O)O)c4)C3=O)c2)cc1. The molecule has 37 heavy (non-hydrogen) atoms. The number of carboxylic acids is 1. The number of carbonyl (C=O) groups excluding carboxylic acids is 1. The Morgan fingerprint density at radius 3 is 2.32 bits per heavy atom. The van der Waals surface area contributed by atoms with Crippen molar-refractivity contribution >= 4 is 51.9 Å². The first-order chi connectivity index (χ1) is 17.6. The second kappa shape index (κ2) is 11.2. The molecule has 0 aromatic heterocycles. The van der Waals surface area contributed by atoms with Gasteiger partial charge in [0.2, 0.25) is 0 Å². The third kappa shape index (κ3) is 6.58. The third-order valence-electron chi connectivity index (χ3n) is 5.64. The Kier molecular flexibility index (Phi) is 8.00. The first kappa shape index (κ1) is 26.4. The topological polar surface area (TPSA) is 76.1 Å². The van der Waals surface area contributed by atoms with E-state index >= 15 is 0 Å². The van der Waals surface area contributed by atoms with Gasteiger partial charge in [-0.05, 0) is 65.1 Å². The van der Waals surface area contributed by atoms with E-state index in [4.69, 9.17) is 21.7 Å². The zero-order valence-corrected chi connectivity index (χ0v) is 22.4. The molecule has 3 aromatic carbocycles. The van der Waals surface area contributed by atoms with E-state index in [1.807, 2.05) is 36.4 Å². The van der Waals surface area contributed by atoms with Crippen LogP contribution in [0.4, 0.5) is 5.69 Å². The number of aromatic carboxylic acids is 1. The molecular weight excluding hydrogens is 506 g/mol. The Bertz CT molecular complexity index is 1360. The van der Waals surface area contributed by atoms with Crippen LogP contribution in [0.1, 0.15) is 42.3 Å². The van der Waals surface area contributed by atoms with Crippen molar-refractivity contribution in [3.05, 3.63) is 94.4 Å². The maximum Gasteiger partial charge on any atom is 0.335 e. The predicted octanol–water partition coefficient (Wildman–Crippen LogP) is 6.55. The molecule has 1 heterocycles. The van der Waals surface area contributed by atoms with Crippen molar-refractivity contribution in [3.8, 4) is 11.5 Å². The Hall–Kier alpha value is -3.62. The lowest BCUT2D eigenvalue weighted by atomic mass is 9.87. The minimum atomic E-state index is -1.07. The quantitative estimate of drug-likeness (QED) is 0.200. The maximum absolute atomic E-state index is 13.1. The molecule has 1 N–H and O–H groups in total. The summed E-state index contributed by atoms with van der Waals surface area (Å²) in [6.07, 6.45) is 1.75. The second-order valence-electron chi connectivity index (χ2n) is 9.42. The normalized spacial score (nSPS) is 14.8. The molecule has 0 spiro atoms.